The Morgan fingerprint density at radius 2 is 1.90 bits per heavy atom. The number of halogens is 3. The molecule has 0 aromatic heterocycles. The molecule has 2 N–H and O–H groups in total. The molecule has 1 aromatic rings. The van der Waals surface area contributed by atoms with Crippen molar-refractivity contribution >= 4 is 15.5 Å². The average Bonchev–Trinajstić information content (AvgIpc) is 2.58. The molecule has 118 valence electrons. The lowest BCUT2D eigenvalue weighted by atomic mass is 10.1. The van der Waals surface area contributed by atoms with Crippen molar-refractivity contribution in [2.45, 2.75) is 19.1 Å². The Morgan fingerprint density at radius 1 is 1.19 bits per heavy atom. The van der Waals surface area contributed by atoms with Crippen molar-refractivity contribution in [3.8, 4) is 0 Å². The summed E-state index contributed by atoms with van der Waals surface area (Å²) in [4.78, 5) is 1.68. The van der Waals surface area contributed by atoms with E-state index >= 15 is 0 Å². The molecule has 1 aromatic carbocycles. The van der Waals surface area contributed by atoms with E-state index < -0.39 is 21.6 Å². The van der Waals surface area contributed by atoms with E-state index in [4.69, 9.17) is 5.73 Å². The van der Waals surface area contributed by atoms with Crippen LogP contribution >= 0.6 is 0 Å². The van der Waals surface area contributed by atoms with Gasteiger partial charge in [0.25, 0.3) is 0 Å². The van der Waals surface area contributed by atoms with E-state index in [9.17, 15) is 21.6 Å². The van der Waals surface area contributed by atoms with Crippen LogP contribution in [0.5, 0.6) is 0 Å². The number of hydrogen-bond donors (Lipinski definition) is 1. The molecule has 1 aliphatic heterocycles. The van der Waals surface area contributed by atoms with E-state index in [0.29, 0.717) is 18.7 Å². The van der Waals surface area contributed by atoms with Crippen molar-refractivity contribution < 1.29 is 21.6 Å². The van der Waals surface area contributed by atoms with Crippen LogP contribution in [0.1, 0.15) is 17.5 Å². The zero-order chi connectivity index (χ0) is 15.7. The summed E-state index contributed by atoms with van der Waals surface area (Å²) in [7, 11) is -3.10. The Labute approximate surface area is 121 Å². The van der Waals surface area contributed by atoms with Crippen LogP contribution in [0.2, 0.25) is 0 Å². The maximum Gasteiger partial charge on any atom is 0.416 e. The lowest BCUT2D eigenvalue weighted by Crippen LogP contribution is -2.27. The number of sulfone groups is 1. The SMILES string of the molecule is NCc1ccc(N2CCCS(=O)(=O)CC2)cc1C(F)(F)F. The summed E-state index contributed by atoms with van der Waals surface area (Å²) in [6, 6.07) is 3.98. The third-order valence-electron chi connectivity index (χ3n) is 3.54. The van der Waals surface area contributed by atoms with Crippen molar-refractivity contribution in [3.63, 3.8) is 0 Å². The van der Waals surface area contributed by atoms with E-state index in [-0.39, 0.29) is 30.2 Å². The van der Waals surface area contributed by atoms with Gasteiger partial charge in [0.15, 0.2) is 9.84 Å². The number of nitrogens with zero attached hydrogens (tertiary/aromatic N) is 1. The smallest absolute Gasteiger partial charge is 0.370 e. The minimum atomic E-state index is -4.47. The lowest BCUT2D eigenvalue weighted by Gasteiger charge is -2.24. The first-order chi connectivity index (χ1) is 9.73. The molecule has 8 heteroatoms. The first-order valence-electron chi connectivity index (χ1n) is 6.58. The number of benzene rings is 1. The predicted molar refractivity (Wildman–Crippen MR) is 74.8 cm³/mol. The standard InChI is InChI=1S/C13H17F3N2O2S/c14-13(15,16)12-8-11(3-2-10(12)9-17)18-4-1-6-21(19,20)7-5-18/h2-3,8H,1,4-7,9,17H2. The minimum Gasteiger partial charge on any atom is -0.370 e. The Kier molecular flexibility index (Phi) is 4.48. The summed E-state index contributed by atoms with van der Waals surface area (Å²) >= 11 is 0. The van der Waals surface area contributed by atoms with Crippen LogP contribution < -0.4 is 10.6 Å². The first kappa shape index (κ1) is 16.1. The molecule has 2 rings (SSSR count). The van der Waals surface area contributed by atoms with Gasteiger partial charge in [-0.25, -0.2) is 8.42 Å². The highest BCUT2D eigenvalue weighted by Gasteiger charge is 2.33. The van der Waals surface area contributed by atoms with Gasteiger partial charge in [-0.15, -0.1) is 0 Å². The van der Waals surface area contributed by atoms with Gasteiger partial charge in [0.2, 0.25) is 0 Å². The van der Waals surface area contributed by atoms with Gasteiger partial charge in [0.1, 0.15) is 0 Å². The second-order valence-electron chi connectivity index (χ2n) is 5.04. The zero-order valence-electron chi connectivity index (χ0n) is 11.4. The normalized spacial score (nSPS) is 19.3. The molecular formula is C13H17F3N2O2S. The van der Waals surface area contributed by atoms with E-state index in [1.807, 2.05) is 0 Å². The molecule has 1 aliphatic rings. The molecule has 0 unspecified atom stereocenters. The Balaban J connectivity index is 2.32. The van der Waals surface area contributed by atoms with Gasteiger partial charge in [0.05, 0.1) is 17.1 Å². The van der Waals surface area contributed by atoms with E-state index in [2.05, 4.69) is 0 Å². The van der Waals surface area contributed by atoms with Gasteiger partial charge in [-0.1, -0.05) is 6.07 Å². The van der Waals surface area contributed by atoms with Crippen LogP contribution in [-0.4, -0.2) is 33.0 Å². The van der Waals surface area contributed by atoms with Crippen molar-refractivity contribution in [2.75, 3.05) is 29.5 Å². The molecule has 4 nitrogen and oxygen atoms in total. The molecule has 1 saturated heterocycles. The highest BCUT2D eigenvalue weighted by molar-refractivity contribution is 7.91. The van der Waals surface area contributed by atoms with Crippen molar-refractivity contribution in [2.24, 2.45) is 5.73 Å². The van der Waals surface area contributed by atoms with Crippen LogP contribution in [0.25, 0.3) is 0 Å². The third kappa shape index (κ3) is 3.88. The van der Waals surface area contributed by atoms with Gasteiger partial charge in [0, 0.05) is 25.3 Å². The van der Waals surface area contributed by atoms with Crippen LogP contribution in [0.15, 0.2) is 18.2 Å². The monoisotopic (exact) mass is 322 g/mol. The van der Waals surface area contributed by atoms with Gasteiger partial charge in [-0.2, -0.15) is 13.2 Å². The molecule has 0 amide bonds. The van der Waals surface area contributed by atoms with Gasteiger partial charge in [-0.05, 0) is 24.1 Å². The summed E-state index contributed by atoms with van der Waals surface area (Å²) < 4.78 is 62.1. The average molecular weight is 322 g/mol. The second kappa shape index (κ2) is 5.84. The van der Waals surface area contributed by atoms with Gasteiger partial charge in [-0.3, -0.25) is 0 Å². The summed E-state index contributed by atoms with van der Waals surface area (Å²) in [5.41, 5.74) is 5.01. The van der Waals surface area contributed by atoms with E-state index in [1.165, 1.54) is 6.07 Å². The van der Waals surface area contributed by atoms with Crippen LogP contribution in [0.4, 0.5) is 18.9 Å². The molecule has 0 radical (unpaired) electrons. The highest BCUT2D eigenvalue weighted by Crippen LogP contribution is 2.34. The highest BCUT2D eigenvalue weighted by atomic mass is 32.2. The minimum absolute atomic E-state index is 0.0347. The van der Waals surface area contributed by atoms with Crippen LogP contribution in [0.3, 0.4) is 0 Å². The summed E-state index contributed by atoms with van der Waals surface area (Å²) in [5, 5.41) is 0. The Morgan fingerprint density at radius 3 is 2.52 bits per heavy atom. The second-order valence-corrected chi connectivity index (χ2v) is 7.34. The number of nitrogens with two attached hydrogens (primary N) is 1. The fraction of sp³-hybridized carbons (Fsp3) is 0.538. The van der Waals surface area contributed by atoms with Crippen LogP contribution in [0, 0.1) is 0 Å². The van der Waals surface area contributed by atoms with Gasteiger partial charge < -0.3 is 10.6 Å². The molecule has 1 heterocycles. The Hall–Kier alpha value is -1.28. The molecule has 0 bridgehead atoms. The molecule has 0 spiro atoms. The van der Waals surface area contributed by atoms with E-state index in [0.717, 1.165) is 6.07 Å². The largest absolute Gasteiger partial charge is 0.416 e. The lowest BCUT2D eigenvalue weighted by molar-refractivity contribution is -0.138. The number of hydrogen-bond acceptors (Lipinski definition) is 4. The molecule has 0 saturated carbocycles. The molecule has 0 atom stereocenters. The summed E-state index contributed by atoms with van der Waals surface area (Å²) in [6.07, 6.45) is -4.05. The van der Waals surface area contributed by atoms with Gasteiger partial charge >= 0.3 is 6.18 Å². The number of anilines is 1. The number of alkyl halides is 3. The molecular weight excluding hydrogens is 305 g/mol. The van der Waals surface area contributed by atoms with Crippen molar-refractivity contribution in [1.82, 2.24) is 0 Å². The predicted octanol–water partition coefficient (Wildman–Crippen LogP) is 1.79. The quantitative estimate of drug-likeness (QED) is 0.902. The Bertz CT molecular complexity index is 614. The van der Waals surface area contributed by atoms with Crippen LogP contribution in [-0.2, 0) is 22.6 Å². The fourth-order valence-corrected chi connectivity index (χ4v) is 3.67. The van der Waals surface area contributed by atoms with E-state index in [1.54, 1.807) is 11.0 Å². The third-order valence-corrected chi connectivity index (χ3v) is 5.25. The number of rotatable bonds is 2. The van der Waals surface area contributed by atoms with Crippen molar-refractivity contribution in [1.29, 1.82) is 0 Å². The maximum absolute atomic E-state index is 13.0. The summed E-state index contributed by atoms with van der Waals surface area (Å²) in [5.74, 6) is 0.0451. The maximum atomic E-state index is 13.0. The zero-order valence-corrected chi connectivity index (χ0v) is 12.2. The topological polar surface area (TPSA) is 63.4 Å². The van der Waals surface area contributed by atoms with Crippen molar-refractivity contribution in [3.05, 3.63) is 29.3 Å². The first-order valence-corrected chi connectivity index (χ1v) is 8.40. The molecule has 0 aliphatic carbocycles. The fourth-order valence-electron chi connectivity index (χ4n) is 2.40. The molecule has 1 fully saturated rings. The summed E-state index contributed by atoms with van der Waals surface area (Å²) in [6.45, 7) is 0.448. The molecule has 21 heavy (non-hydrogen) atoms.